The van der Waals surface area contributed by atoms with Crippen LogP contribution in [0, 0.1) is 0 Å². The number of aliphatic hydroxyl groups is 2. The van der Waals surface area contributed by atoms with Gasteiger partial charge in [0.15, 0.2) is 0 Å². The molecule has 0 aromatic heterocycles. The van der Waals surface area contributed by atoms with Crippen LogP contribution in [0.1, 0.15) is 348 Å². The number of allylic oxidation sites excluding steroid dienone is 5. The molecule has 0 saturated carbocycles. The number of amides is 1. The fourth-order valence-corrected chi connectivity index (χ4v) is 9.96. The Bertz CT molecular complexity index is 1170. The van der Waals surface area contributed by atoms with Crippen LogP contribution in [0.4, 0.5) is 0 Å². The molecule has 72 heavy (non-hydrogen) atoms. The van der Waals surface area contributed by atoms with E-state index in [0.717, 1.165) is 64.2 Å². The van der Waals surface area contributed by atoms with Crippen molar-refractivity contribution in [2.45, 2.75) is 360 Å². The molecule has 1 amide bonds. The number of nitrogens with one attached hydrogen (secondary N) is 1. The van der Waals surface area contributed by atoms with Crippen LogP contribution >= 0.6 is 0 Å². The monoisotopic (exact) mass is 1010 g/mol. The Morgan fingerprint density at radius 2 is 0.694 bits per heavy atom. The molecule has 0 aliphatic heterocycles. The predicted octanol–water partition coefficient (Wildman–Crippen LogP) is 20.4. The van der Waals surface area contributed by atoms with Gasteiger partial charge in [-0.15, -0.1) is 0 Å². The number of aliphatic hydroxyl groups excluding tert-OH is 2. The van der Waals surface area contributed by atoms with E-state index in [2.05, 4.69) is 43.5 Å². The summed E-state index contributed by atoms with van der Waals surface area (Å²) < 4.78 is 5.49. The van der Waals surface area contributed by atoms with Crippen molar-refractivity contribution in [3.63, 3.8) is 0 Å². The van der Waals surface area contributed by atoms with Gasteiger partial charge in [0.1, 0.15) is 0 Å². The molecular formula is C66H125NO5. The average molecular weight is 1010 g/mol. The SMILES string of the molecule is CCCCCC/C=C\C/C=C\CCCCCCCCCC(=O)OCCCCCCCCCCCCCCCCCC(=O)NC(CO)C(O)/C=C/CCCCCCCCCCCCCCCCCCCCCC. The summed E-state index contributed by atoms with van der Waals surface area (Å²) in [5.41, 5.74) is 0. The Labute approximate surface area is 449 Å². The van der Waals surface area contributed by atoms with Gasteiger partial charge in [0.05, 0.1) is 25.4 Å². The van der Waals surface area contributed by atoms with Gasteiger partial charge in [0, 0.05) is 12.8 Å². The largest absolute Gasteiger partial charge is 0.466 e. The first-order chi connectivity index (χ1) is 35.5. The zero-order chi connectivity index (χ0) is 52.2. The summed E-state index contributed by atoms with van der Waals surface area (Å²) in [6.45, 7) is 4.89. The van der Waals surface area contributed by atoms with E-state index in [4.69, 9.17) is 4.74 Å². The molecule has 0 heterocycles. The van der Waals surface area contributed by atoms with Crippen LogP contribution in [0.2, 0.25) is 0 Å². The van der Waals surface area contributed by atoms with Gasteiger partial charge in [0.2, 0.25) is 5.91 Å². The van der Waals surface area contributed by atoms with Crippen LogP contribution in [0.5, 0.6) is 0 Å². The maximum Gasteiger partial charge on any atom is 0.305 e. The minimum atomic E-state index is -0.852. The van der Waals surface area contributed by atoms with Gasteiger partial charge in [-0.1, -0.05) is 307 Å². The molecule has 0 aromatic rings. The molecule has 424 valence electrons. The Hall–Kier alpha value is -1.92. The Kier molecular flexibility index (Phi) is 60.0. The first-order valence-corrected chi connectivity index (χ1v) is 32.3. The first kappa shape index (κ1) is 70.1. The molecule has 6 nitrogen and oxygen atoms in total. The zero-order valence-electron chi connectivity index (χ0n) is 48.4. The van der Waals surface area contributed by atoms with Crippen LogP contribution in [0.25, 0.3) is 0 Å². The highest BCUT2D eigenvalue weighted by Crippen LogP contribution is 2.18. The maximum atomic E-state index is 12.5. The van der Waals surface area contributed by atoms with Gasteiger partial charge in [-0.05, 0) is 64.2 Å². The molecule has 2 unspecified atom stereocenters. The zero-order valence-corrected chi connectivity index (χ0v) is 48.4. The summed E-state index contributed by atoms with van der Waals surface area (Å²) in [5, 5.41) is 23.2. The lowest BCUT2D eigenvalue weighted by atomic mass is 10.0. The number of hydrogen-bond donors (Lipinski definition) is 3. The molecule has 0 bridgehead atoms. The summed E-state index contributed by atoms with van der Waals surface area (Å²) >= 11 is 0. The molecule has 2 atom stereocenters. The van der Waals surface area contributed by atoms with Gasteiger partial charge in [-0.25, -0.2) is 0 Å². The van der Waals surface area contributed by atoms with E-state index in [9.17, 15) is 19.8 Å². The molecule has 3 N–H and O–H groups in total. The van der Waals surface area contributed by atoms with Crippen LogP contribution in [-0.2, 0) is 14.3 Å². The van der Waals surface area contributed by atoms with Crippen LogP contribution in [-0.4, -0.2) is 47.4 Å². The topological polar surface area (TPSA) is 95.9 Å². The number of esters is 1. The lowest BCUT2D eigenvalue weighted by Gasteiger charge is -2.20. The number of hydrogen-bond acceptors (Lipinski definition) is 5. The maximum absolute atomic E-state index is 12.5. The Balaban J connectivity index is 3.46. The minimum absolute atomic E-state index is 0.00720. The number of rotatable bonds is 60. The Morgan fingerprint density at radius 3 is 1.07 bits per heavy atom. The van der Waals surface area contributed by atoms with Crippen LogP contribution in [0.3, 0.4) is 0 Å². The molecule has 0 spiro atoms. The van der Waals surface area contributed by atoms with Crippen molar-refractivity contribution in [1.29, 1.82) is 0 Å². The molecule has 0 fully saturated rings. The highest BCUT2D eigenvalue weighted by Gasteiger charge is 2.18. The second-order valence-electron chi connectivity index (χ2n) is 22.1. The van der Waals surface area contributed by atoms with Gasteiger partial charge < -0.3 is 20.3 Å². The van der Waals surface area contributed by atoms with Crippen LogP contribution in [0.15, 0.2) is 36.5 Å². The van der Waals surface area contributed by atoms with Gasteiger partial charge in [-0.3, -0.25) is 9.59 Å². The molecule has 0 radical (unpaired) electrons. The predicted molar refractivity (Wildman–Crippen MR) is 315 cm³/mol. The molecule has 0 aliphatic rings. The van der Waals surface area contributed by atoms with Crippen molar-refractivity contribution in [3.05, 3.63) is 36.5 Å². The smallest absolute Gasteiger partial charge is 0.305 e. The van der Waals surface area contributed by atoms with Crippen LogP contribution < -0.4 is 5.32 Å². The van der Waals surface area contributed by atoms with Crippen molar-refractivity contribution in [2.24, 2.45) is 0 Å². The van der Waals surface area contributed by atoms with Crippen molar-refractivity contribution in [1.82, 2.24) is 5.32 Å². The van der Waals surface area contributed by atoms with Crippen molar-refractivity contribution < 1.29 is 24.5 Å². The van der Waals surface area contributed by atoms with E-state index in [1.165, 1.54) is 257 Å². The molecule has 0 saturated heterocycles. The molecule has 6 heteroatoms. The third-order valence-electron chi connectivity index (χ3n) is 14.9. The van der Waals surface area contributed by atoms with Crippen molar-refractivity contribution in [3.8, 4) is 0 Å². The third-order valence-corrected chi connectivity index (χ3v) is 14.9. The lowest BCUT2D eigenvalue weighted by Crippen LogP contribution is -2.45. The van der Waals surface area contributed by atoms with Gasteiger partial charge in [-0.2, -0.15) is 0 Å². The minimum Gasteiger partial charge on any atom is -0.466 e. The Morgan fingerprint density at radius 1 is 0.389 bits per heavy atom. The van der Waals surface area contributed by atoms with E-state index >= 15 is 0 Å². The summed E-state index contributed by atoms with van der Waals surface area (Å²) in [6, 6.07) is -0.636. The van der Waals surface area contributed by atoms with E-state index in [-0.39, 0.29) is 18.5 Å². The van der Waals surface area contributed by atoms with E-state index in [1.807, 2.05) is 6.08 Å². The van der Waals surface area contributed by atoms with E-state index in [1.54, 1.807) is 6.08 Å². The molecular weight excluding hydrogens is 887 g/mol. The summed E-state index contributed by atoms with van der Waals surface area (Å²) in [7, 11) is 0. The number of carbonyl (C=O) groups is 2. The second-order valence-corrected chi connectivity index (χ2v) is 22.1. The fraction of sp³-hybridized carbons (Fsp3) is 0.879. The quantitative estimate of drug-likeness (QED) is 0.0320. The number of carbonyl (C=O) groups excluding carboxylic acids is 2. The fourth-order valence-electron chi connectivity index (χ4n) is 9.96. The average Bonchev–Trinajstić information content (AvgIpc) is 3.38. The van der Waals surface area contributed by atoms with E-state index < -0.39 is 12.1 Å². The number of unbranched alkanes of at least 4 members (excludes halogenated alkanes) is 45. The molecule has 0 rings (SSSR count). The summed E-state index contributed by atoms with van der Waals surface area (Å²) in [4.78, 5) is 24.6. The standard InChI is InChI=1S/C66H125NO5/c1-3-5-7-9-11-13-15-17-19-21-23-24-25-26-27-30-34-38-42-46-50-54-58-64(69)63(62-68)67-65(70)59-55-51-47-43-39-35-31-29-33-37-41-45-49-53-57-61-72-66(71)60-56-52-48-44-40-36-32-28-22-20-18-16-14-12-10-8-6-4-2/h14,16,20,22,54,58,63-64,68-69H,3-13,15,17-19,21,23-53,55-57,59-62H2,1-2H3,(H,67,70)/b16-14-,22-20-,58-54+. The summed E-state index contributed by atoms with van der Waals surface area (Å²) in [6.07, 6.45) is 77.5. The first-order valence-electron chi connectivity index (χ1n) is 32.3. The lowest BCUT2D eigenvalue weighted by molar-refractivity contribution is -0.143. The summed E-state index contributed by atoms with van der Waals surface area (Å²) in [5.74, 6) is -0.0810. The van der Waals surface area contributed by atoms with Gasteiger partial charge in [0.25, 0.3) is 0 Å². The van der Waals surface area contributed by atoms with Crippen molar-refractivity contribution >= 4 is 11.9 Å². The van der Waals surface area contributed by atoms with E-state index in [0.29, 0.717) is 19.4 Å². The second kappa shape index (κ2) is 61.6. The van der Waals surface area contributed by atoms with Gasteiger partial charge >= 0.3 is 5.97 Å². The third kappa shape index (κ3) is 57.4. The molecule has 0 aliphatic carbocycles. The number of ether oxygens (including phenoxy) is 1. The normalized spacial score (nSPS) is 12.8. The highest BCUT2D eigenvalue weighted by molar-refractivity contribution is 5.76. The molecule has 0 aromatic carbocycles. The highest BCUT2D eigenvalue weighted by atomic mass is 16.5. The van der Waals surface area contributed by atoms with Crippen molar-refractivity contribution in [2.75, 3.05) is 13.2 Å².